The smallest absolute Gasteiger partial charge is 0.155 e. The molecule has 3 heterocycles. The lowest BCUT2D eigenvalue weighted by Crippen LogP contribution is -2.34. The highest BCUT2D eigenvalue weighted by Crippen LogP contribution is 2.25. The molecule has 0 saturated carbocycles. The van der Waals surface area contributed by atoms with Gasteiger partial charge in [-0.15, -0.1) is 21.5 Å². The van der Waals surface area contributed by atoms with Crippen molar-refractivity contribution >= 4 is 11.3 Å². The molecule has 0 amide bonds. The predicted octanol–water partition coefficient (Wildman–Crippen LogP) is 1.65. The van der Waals surface area contributed by atoms with E-state index in [9.17, 15) is 0 Å². The molecule has 6 nitrogen and oxygen atoms in total. The number of aromatic amines is 1. The minimum absolute atomic E-state index is 0.438. The van der Waals surface area contributed by atoms with Crippen LogP contribution < -0.4 is 0 Å². The van der Waals surface area contributed by atoms with E-state index < -0.39 is 0 Å². The summed E-state index contributed by atoms with van der Waals surface area (Å²) in [6, 6.07) is 0. The number of piperidine rings is 1. The minimum atomic E-state index is 0.438. The zero-order chi connectivity index (χ0) is 13.2. The van der Waals surface area contributed by atoms with E-state index >= 15 is 0 Å². The maximum atomic E-state index is 4.46. The topological polar surface area (TPSA) is 70.6 Å². The highest BCUT2D eigenvalue weighted by atomic mass is 32.1. The number of aromatic nitrogens is 5. The van der Waals surface area contributed by atoms with Gasteiger partial charge in [-0.2, -0.15) is 5.10 Å². The fourth-order valence-electron chi connectivity index (χ4n) is 2.55. The summed E-state index contributed by atoms with van der Waals surface area (Å²) in [7, 11) is 0. The fourth-order valence-corrected chi connectivity index (χ4v) is 3.30. The van der Waals surface area contributed by atoms with Crippen molar-refractivity contribution in [3.63, 3.8) is 0 Å². The molecule has 1 atom stereocenters. The molecule has 19 heavy (non-hydrogen) atoms. The van der Waals surface area contributed by atoms with E-state index in [4.69, 9.17) is 0 Å². The van der Waals surface area contributed by atoms with Crippen LogP contribution in [0.2, 0.25) is 0 Å². The van der Waals surface area contributed by atoms with Crippen LogP contribution in [0.25, 0.3) is 0 Å². The van der Waals surface area contributed by atoms with Crippen LogP contribution in [0.3, 0.4) is 0 Å². The van der Waals surface area contributed by atoms with Crippen molar-refractivity contribution in [2.24, 2.45) is 0 Å². The lowest BCUT2D eigenvalue weighted by molar-refractivity contribution is 0.196. The maximum Gasteiger partial charge on any atom is 0.155 e. The van der Waals surface area contributed by atoms with E-state index in [0.29, 0.717) is 5.92 Å². The summed E-state index contributed by atoms with van der Waals surface area (Å²) in [5.41, 5.74) is 0. The van der Waals surface area contributed by atoms with Gasteiger partial charge in [0.05, 0.1) is 6.54 Å². The summed E-state index contributed by atoms with van der Waals surface area (Å²) in [6.45, 7) is 6.97. The third kappa shape index (κ3) is 2.98. The first-order valence-electron chi connectivity index (χ1n) is 6.61. The second kappa shape index (κ2) is 5.34. The Balaban J connectivity index is 1.64. The largest absolute Gasteiger partial charge is 0.296 e. The second-order valence-corrected chi connectivity index (χ2v) is 6.33. The van der Waals surface area contributed by atoms with Crippen LogP contribution in [0, 0.1) is 13.8 Å². The molecule has 0 aromatic carbocycles. The number of H-pyrrole nitrogens is 1. The number of nitrogens with zero attached hydrogens (tertiary/aromatic N) is 5. The Bertz CT molecular complexity index is 548. The normalized spacial score (nSPS) is 20.8. The van der Waals surface area contributed by atoms with E-state index in [1.807, 2.05) is 13.8 Å². The van der Waals surface area contributed by atoms with Gasteiger partial charge in [-0.3, -0.25) is 10.00 Å². The fraction of sp³-hybridized carbons (Fsp3) is 0.667. The Morgan fingerprint density at radius 1 is 1.37 bits per heavy atom. The van der Waals surface area contributed by atoms with Gasteiger partial charge in [-0.25, -0.2) is 4.98 Å². The molecule has 2 aromatic rings. The highest BCUT2D eigenvalue weighted by molar-refractivity contribution is 7.11. The van der Waals surface area contributed by atoms with Crippen LogP contribution in [0.1, 0.15) is 40.4 Å². The summed E-state index contributed by atoms with van der Waals surface area (Å²) in [5.74, 6) is 2.29. The van der Waals surface area contributed by atoms with Crippen molar-refractivity contribution in [2.75, 3.05) is 13.1 Å². The Hall–Kier alpha value is -1.34. The molecule has 0 aliphatic carbocycles. The van der Waals surface area contributed by atoms with Gasteiger partial charge in [0.1, 0.15) is 15.8 Å². The molecule has 1 aliphatic heterocycles. The second-order valence-electron chi connectivity index (χ2n) is 5.07. The van der Waals surface area contributed by atoms with Crippen molar-refractivity contribution in [1.82, 2.24) is 30.3 Å². The molecule has 0 bridgehead atoms. The first-order chi connectivity index (χ1) is 9.20. The summed E-state index contributed by atoms with van der Waals surface area (Å²) < 4.78 is 0. The summed E-state index contributed by atoms with van der Waals surface area (Å²) in [5, 5.41) is 17.6. The molecule has 0 spiro atoms. The van der Waals surface area contributed by atoms with Crippen molar-refractivity contribution in [3.05, 3.63) is 21.7 Å². The first kappa shape index (κ1) is 12.7. The predicted molar refractivity (Wildman–Crippen MR) is 73.0 cm³/mol. The van der Waals surface area contributed by atoms with E-state index in [-0.39, 0.29) is 0 Å². The number of rotatable bonds is 3. The van der Waals surface area contributed by atoms with Gasteiger partial charge in [0.2, 0.25) is 0 Å². The average Bonchev–Trinajstić information content (AvgIpc) is 2.99. The standard InChI is InChI=1S/C12H18N6S/c1-8-13-12(17-14-8)10-4-3-5-18(6-10)7-11-16-15-9(2)19-11/h10H,3-7H2,1-2H3,(H,13,14,17)/t10-/m1/s1. The van der Waals surface area contributed by atoms with E-state index in [2.05, 4.69) is 30.3 Å². The number of likely N-dealkylation sites (tertiary alicyclic amines) is 1. The summed E-state index contributed by atoms with van der Waals surface area (Å²) in [4.78, 5) is 6.89. The number of hydrogen-bond acceptors (Lipinski definition) is 6. The van der Waals surface area contributed by atoms with Crippen LogP contribution in [0.4, 0.5) is 0 Å². The summed E-state index contributed by atoms with van der Waals surface area (Å²) >= 11 is 1.68. The van der Waals surface area contributed by atoms with Crippen LogP contribution >= 0.6 is 11.3 Å². The van der Waals surface area contributed by atoms with Gasteiger partial charge in [-0.1, -0.05) is 0 Å². The molecule has 1 saturated heterocycles. The van der Waals surface area contributed by atoms with E-state index in [1.165, 1.54) is 12.8 Å². The minimum Gasteiger partial charge on any atom is -0.296 e. The molecule has 1 N–H and O–H groups in total. The van der Waals surface area contributed by atoms with Gasteiger partial charge in [-0.05, 0) is 33.2 Å². The van der Waals surface area contributed by atoms with E-state index in [1.54, 1.807) is 11.3 Å². The molecule has 2 aromatic heterocycles. The first-order valence-corrected chi connectivity index (χ1v) is 7.42. The molecular weight excluding hydrogens is 260 g/mol. The monoisotopic (exact) mass is 278 g/mol. The van der Waals surface area contributed by atoms with Crippen molar-refractivity contribution < 1.29 is 0 Å². The molecule has 102 valence electrons. The molecular formula is C12H18N6S. The van der Waals surface area contributed by atoms with Gasteiger partial charge < -0.3 is 0 Å². The van der Waals surface area contributed by atoms with Gasteiger partial charge >= 0.3 is 0 Å². The zero-order valence-electron chi connectivity index (χ0n) is 11.3. The Kier molecular flexibility index (Phi) is 3.56. The lowest BCUT2D eigenvalue weighted by atomic mass is 9.97. The van der Waals surface area contributed by atoms with Gasteiger partial charge in [0, 0.05) is 12.5 Å². The van der Waals surface area contributed by atoms with Crippen LogP contribution in [-0.2, 0) is 6.54 Å². The molecule has 0 radical (unpaired) electrons. The Morgan fingerprint density at radius 2 is 2.26 bits per heavy atom. The average molecular weight is 278 g/mol. The van der Waals surface area contributed by atoms with Crippen LogP contribution in [-0.4, -0.2) is 43.4 Å². The third-order valence-electron chi connectivity index (χ3n) is 3.41. The van der Waals surface area contributed by atoms with Crippen LogP contribution in [0.15, 0.2) is 0 Å². The van der Waals surface area contributed by atoms with Crippen molar-refractivity contribution in [2.45, 2.75) is 39.2 Å². The van der Waals surface area contributed by atoms with Crippen LogP contribution in [0.5, 0.6) is 0 Å². The highest BCUT2D eigenvalue weighted by Gasteiger charge is 2.24. The Morgan fingerprint density at radius 3 is 2.95 bits per heavy atom. The maximum absolute atomic E-state index is 4.46. The number of nitrogens with one attached hydrogen (secondary N) is 1. The van der Waals surface area contributed by atoms with Crippen molar-refractivity contribution in [1.29, 1.82) is 0 Å². The third-order valence-corrected chi connectivity index (χ3v) is 4.24. The van der Waals surface area contributed by atoms with Gasteiger partial charge in [0.25, 0.3) is 0 Å². The number of hydrogen-bond donors (Lipinski definition) is 1. The zero-order valence-corrected chi connectivity index (χ0v) is 12.1. The van der Waals surface area contributed by atoms with E-state index in [0.717, 1.165) is 41.3 Å². The molecule has 1 aliphatic rings. The molecule has 0 unspecified atom stereocenters. The number of aryl methyl sites for hydroxylation is 2. The lowest BCUT2D eigenvalue weighted by Gasteiger charge is -2.30. The van der Waals surface area contributed by atoms with Crippen molar-refractivity contribution in [3.8, 4) is 0 Å². The summed E-state index contributed by atoms with van der Waals surface area (Å²) in [6.07, 6.45) is 2.36. The quantitative estimate of drug-likeness (QED) is 0.924. The Labute approximate surface area is 116 Å². The molecule has 7 heteroatoms. The van der Waals surface area contributed by atoms with Gasteiger partial charge in [0.15, 0.2) is 5.82 Å². The molecule has 3 rings (SSSR count). The molecule has 1 fully saturated rings. The SMILES string of the molecule is Cc1nc([C@@H]2CCCN(Cc3nnc(C)s3)C2)n[nH]1.